The minimum atomic E-state index is -0.555. The highest BCUT2D eigenvalue weighted by Gasteiger charge is 2.18. The third-order valence-corrected chi connectivity index (χ3v) is 5.54. The Morgan fingerprint density at radius 1 is 1.17 bits per heavy atom. The predicted molar refractivity (Wildman–Crippen MR) is 122 cm³/mol. The Hall–Kier alpha value is -2.04. The highest BCUT2D eigenvalue weighted by atomic mass is 127. The SMILES string of the molecule is CCc1cc(Nc2ncc(F)c3nc(-c4c(Cl)cccc4Cl)[nH]c23)nc(CI)n1. The van der Waals surface area contributed by atoms with Gasteiger partial charge in [-0.1, -0.05) is 58.8 Å². The lowest BCUT2D eigenvalue weighted by atomic mass is 10.2. The standard InChI is InChI=1S/C19H14Cl2FIN6/c1-2-9-6-13(26-14(7-23)25-9)27-19-17-16(12(22)8-24-19)28-18(29-17)15-10(20)4-3-5-11(15)21/h3-6,8H,2,7H2,1H3,(H,28,29)(H,24,25,26,27). The number of aryl methyl sites for hydroxylation is 1. The van der Waals surface area contributed by atoms with Crippen molar-refractivity contribution in [3.05, 3.63) is 57.8 Å². The second kappa shape index (κ2) is 8.37. The van der Waals surface area contributed by atoms with Gasteiger partial charge in [0.05, 0.1) is 26.2 Å². The number of aromatic nitrogens is 5. The molecular formula is C19H14Cl2FIN6. The van der Waals surface area contributed by atoms with E-state index < -0.39 is 5.82 Å². The largest absolute Gasteiger partial charge is 0.335 e. The topological polar surface area (TPSA) is 79.4 Å². The Bertz CT molecular complexity index is 1170. The summed E-state index contributed by atoms with van der Waals surface area (Å²) in [6.07, 6.45) is 1.89. The van der Waals surface area contributed by atoms with E-state index in [-0.39, 0.29) is 5.52 Å². The van der Waals surface area contributed by atoms with Crippen LogP contribution in [0.3, 0.4) is 0 Å². The van der Waals surface area contributed by atoms with Crippen LogP contribution in [0, 0.1) is 5.82 Å². The third kappa shape index (κ3) is 4.01. The van der Waals surface area contributed by atoms with Crippen molar-refractivity contribution in [2.75, 3.05) is 5.32 Å². The number of halogens is 4. The van der Waals surface area contributed by atoms with Crippen LogP contribution in [0.4, 0.5) is 16.0 Å². The number of hydrogen-bond donors (Lipinski definition) is 2. The summed E-state index contributed by atoms with van der Waals surface area (Å²) in [4.78, 5) is 20.6. The van der Waals surface area contributed by atoms with Crippen LogP contribution in [-0.4, -0.2) is 24.9 Å². The number of rotatable bonds is 5. The van der Waals surface area contributed by atoms with Gasteiger partial charge in [-0.15, -0.1) is 0 Å². The summed E-state index contributed by atoms with van der Waals surface area (Å²) in [5.41, 5.74) is 1.93. The Labute approximate surface area is 189 Å². The number of aromatic amines is 1. The lowest BCUT2D eigenvalue weighted by molar-refractivity contribution is 0.632. The average molecular weight is 543 g/mol. The molecular weight excluding hydrogens is 529 g/mol. The molecule has 0 spiro atoms. The van der Waals surface area contributed by atoms with Gasteiger partial charge in [0, 0.05) is 11.8 Å². The van der Waals surface area contributed by atoms with Crippen molar-refractivity contribution in [3.63, 3.8) is 0 Å². The molecule has 4 rings (SSSR count). The summed E-state index contributed by atoms with van der Waals surface area (Å²) < 4.78 is 15.1. The van der Waals surface area contributed by atoms with E-state index in [1.54, 1.807) is 18.2 Å². The van der Waals surface area contributed by atoms with Gasteiger partial charge < -0.3 is 10.3 Å². The van der Waals surface area contributed by atoms with E-state index in [9.17, 15) is 4.39 Å². The van der Waals surface area contributed by atoms with E-state index in [1.165, 1.54) is 0 Å². The molecule has 0 unspecified atom stereocenters. The molecule has 2 N–H and O–H groups in total. The first-order chi connectivity index (χ1) is 14.0. The molecule has 4 aromatic rings. The van der Waals surface area contributed by atoms with Crippen LogP contribution in [0.25, 0.3) is 22.4 Å². The summed E-state index contributed by atoms with van der Waals surface area (Å²) >= 11 is 14.8. The Balaban J connectivity index is 1.83. The van der Waals surface area contributed by atoms with Gasteiger partial charge in [0.15, 0.2) is 11.6 Å². The predicted octanol–water partition coefficient (Wildman–Crippen LogP) is 6.10. The van der Waals surface area contributed by atoms with Gasteiger partial charge >= 0.3 is 0 Å². The molecule has 10 heteroatoms. The Morgan fingerprint density at radius 3 is 2.62 bits per heavy atom. The highest BCUT2D eigenvalue weighted by Crippen LogP contribution is 2.35. The minimum Gasteiger partial charge on any atom is -0.335 e. The summed E-state index contributed by atoms with van der Waals surface area (Å²) in [6.45, 7) is 2.02. The third-order valence-electron chi connectivity index (χ3n) is 4.23. The van der Waals surface area contributed by atoms with Gasteiger partial charge in [-0.3, -0.25) is 0 Å². The lowest BCUT2D eigenvalue weighted by Crippen LogP contribution is -2.03. The number of benzene rings is 1. The number of nitrogens with one attached hydrogen (secondary N) is 2. The maximum atomic E-state index is 14.4. The van der Waals surface area contributed by atoms with Gasteiger partial charge in [-0.25, -0.2) is 24.3 Å². The zero-order valence-corrected chi connectivity index (χ0v) is 18.8. The first-order valence-corrected chi connectivity index (χ1v) is 11.0. The van der Waals surface area contributed by atoms with Crippen LogP contribution in [0.2, 0.25) is 10.0 Å². The number of fused-ring (bicyclic) bond motifs is 1. The number of alkyl halides is 1. The maximum Gasteiger partial charge on any atom is 0.169 e. The maximum absolute atomic E-state index is 14.4. The number of imidazole rings is 1. The van der Waals surface area contributed by atoms with Crippen molar-refractivity contribution in [3.8, 4) is 11.4 Å². The number of H-pyrrole nitrogens is 1. The molecule has 0 saturated heterocycles. The van der Waals surface area contributed by atoms with Gasteiger partial charge in [-0.05, 0) is 18.6 Å². The molecule has 29 heavy (non-hydrogen) atoms. The van der Waals surface area contributed by atoms with Crippen molar-refractivity contribution in [1.29, 1.82) is 0 Å². The normalized spacial score (nSPS) is 11.2. The molecule has 0 saturated carbocycles. The first-order valence-electron chi connectivity index (χ1n) is 8.68. The highest BCUT2D eigenvalue weighted by molar-refractivity contribution is 14.1. The summed E-state index contributed by atoms with van der Waals surface area (Å²) in [5.74, 6) is 1.48. The van der Waals surface area contributed by atoms with Crippen molar-refractivity contribution in [2.45, 2.75) is 17.8 Å². The fraction of sp³-hybridized carbons (Fsp3) is 0.158. The Kier molecular flexibility index (Phi) is 5.84. The number of nitrogens with zero attached hydrogens (tertiary/aromatic N) is 4. The first kappa shape index (κ1) is 20.2. The van der Waals surface area contributed by atoms with Crippen molar-refractivity contribution in [2.24, 2.45) is 0 Å². The quantitative estimate of drug-likeness (QED) is 0.235. The van der Waals surface area contributed by atoms with Gasteiger partial charge in [0.1, 0.15) is 28.5 Å². The van der Waals surface area contributed by atoms with Gasteiger partial charge in [0.2, 0.25) is 0 Å². The van der Waals surface area contributed by atoms with Crippen LogP contribution >= 0.6 is 45.8 Å². The zero-order chi connectivity index (χ0) is 20.5. The number of pyridine rings is 1. The van der Waals surface area contributed by atoms with E-state index in [4.69, 9.17) is 23.2 Å². The molecule has 148 valence electrons. The molecule has 0 bridgehead atoms. The van der Waals surface area contributed by atoms with Crippen molar-refractivity contribution >= 4 is 68.5 Å². The molecule has 0 aliphatic heterocycles. The van der Waals surface area contributed by atoms with Gasteiger partial charge in [0.25, 0.3) is 0 Å². The van der Waals surface area contributed by atoms with E-state index in [1.807, 2.05) is 13.0 Å². The molecule has 6 nitrogen and oxygen atoms in total. The zero-order valence-electron chi connectivity index (χ0n) is 15.1. The second-order valence-corrected chi connectivity index (χ2v) is 7.71. The molecule has 3 heterocycles. The summed E-state index contributed by atoms with van der Waals surface area (Å²) in [6, 6.07) is 6.97. The van der Waals surface area contributed by atoms with E-state index >= 15 is 0 Å². The molecule has 0 aliphatic rings. The van der Waals surface area contributed by atoms with Crippen LogP contribution in [0.5, 0.6) is 0 Å². The molecule has 3 aromatic heterocycles. The summed E-state index contributed by atoms with van der Waals surface area (Å²) in [7, 11) is 0. The van der Waals surface area contributed by atoms with Gasteiger partial charge in [-0.2, -0.15) is 0 Å². The monoisotopic (exact) mass is 542 g/mol. The van der Waals surface area contributed by atoms with Crippen LogP contribution < -0.4 is 5.32 Å². The Morgan fingerprint density at radius 2 is 1.93 bits per heavy atom. The second-order valence-electron chi connectivity index (χ2n) is 6.13. The lowest BCUT2D eigenvalue weighted by Gasteiger charge is -2.08. The molecule has 0 fully saturated rings. The molecule has 0 aliphatic carbocycles. The summed E-state index contributed by atoms with van der Waals surface area (Å²) in [5, 5.41) is 3.97. The number of hydrogen-bond acceptors (Lipinski definition) is 5. The average Bonchev–Trinajstić information content (AvgIpc) is 3.15. The molecule has 1 aromatic carbocycles. The van der Waals surface area contributed by atoms with Crippen molar-refractivity contribution in [1.82, 2.24) is 24.9 Å². The molecule has 0 amide bonds. The van der Waals surface area contributed by atoms with Crippen LogP contribution in [-0.2, 0) is 10.8 Å². The molecule has 0 radical (unpaired) electrons. The van der Waals surface area contributed by atoms with Crippen LogP contribution in [0.1, 0.15) is 18.4 Å². The van der Waals surface area contributed by atoms with Crippen LogP contribution in [0.15, 0.2) is 30.5 Å². The fourth-order valence-electron chi connectivity index (χ4n) is 2.88. The fourth-order valence-corrected chi connectivity index (χ4v) is 3.80. The van der Waals surface area contributed by atoms with Crippen molar-refractivity contribution < 1.29 is 4.39 Å². The minimum absolute atomic E-state index is 0.132. The molecule has 0 atom stereocenters. The smallest absolute Gasteiger partial charge is 0.169 e. The van der Waals surface area contributed by atoms with E-state index in [0.717, 1.165) is 18.3 Å². The van der Waals surface area contributed by atoms with E-state index in [0.29, 0.717) is 48.8 Å². The number of anilines is 2. The van der Waals surface area contributed by atoms with E-state index in [2.05, 4.69) is 52.8 Å².